The Morgan fingerprint density at radius 1 is 0.438 bits per heavy atom. The number of H-pyrrole nitrogens is 2. The highest BCUT2D eigenvalue weighted by Crippen LogP contribution is 2.48. The molecule has 9 aromatic carbocycles. The number of alkyl halides is 10. The Morgan fingerprint density at radius 2 is 0.838 bits per heavy atom. The van der Waals surface area contributed by atoms with Gasteiger partial charge in [-0.2, -0.15) is 0 Å². The van der Waals surface area contributed by atoms with Gasteiger partial charge in [0.05, 0.1) is 87.2 Å². The van der Waals surface area contributed by atoms with E-state index in [4.69, 9.17) is 5.11 Å². The summed E-state index contributed by atoms with van der Waals surface area (Å²) in [6.45, 7) is 3.41. The number of carbonyl (C=O) groups excluding carboxylic acids is 6. The molecular weight excluding hydrogens is 1930 g/mol. The summed E-state index contributed by atoms with van der Waals surface area (Å²) in [4.78, 5) is 74.7. The number of carbonyl (C=O) groups is 6. The van der Waals surface area contributed by atoms with Crippen molar-refractivity contribution < 1.29 is 134 Å². The second-order valence-electron chi connectivity index (χ2n) is 30.2. The predicted octanol–water partition coefficient (Wildman–Crippen LogP) is 20.4. The number of ether oxygens (including phenoxy) is 3. The van der Waals surface area contributed by atoms with Gasteiger partial charge in [-0.3, -0.25) is 14.4 Å². The summed E-state index contributed by atoms with van der Waals surface area (Å²) in [6, 6.07) is 40.3. The molecule has 0 aliphatic carbocycles. The maximum Gasteiger partial charge on any atom is 0.337 e. The van der Waals surface area contributed by atoms with Crippen LogP contribution in [0.3, 0.4) is 0 Å². The number of rotatable bonds is 7. The molecule has 0 saturated heterocycles. The molecule has 0 saturated carbocycles. The van der Waals surface area contributed by atoms with Gasteiger partial charge in [0.2, 0.25) is 0 Å². The van der Waals surface area contributed by atoms with E-state index in [9.17, 15) is 115 Å². The summed E-state index contributed by atoms with van der Waals surface area (Å²) in [5, 5.41) is 10.5. The number of sulfone groups is 4. The Balaban J connectivity index is 0.000000145. The Labute approximate surface area is 759 Å². The highest BCUT2D eigenvalue weighted by Gasteiger charge is 2.47. The van der Waals surface area contributed by atoms with Gasteiger partial charge in [-0.05, 0) is 189 Å². The maximum atomic E-state index is 14.3. The van der Waals surface area contributed by atoms with Crippen LogP contribution in [0.2, 0.25) is 0 Å². The van der Waals surface area contributed by atoms with E-state index in [0.29, 0.717) is 58.3 Å². The van der Waals surface area contributed by atoms with Gasteiger partial charge in [-0.25, -0.2) is 101 Å². The summed E-state index contributed by atoms with van der Waals surface area (Å²) >= 11 is 8.15. The first kappa shape index (κ1) is 100. The second-order valence-corrected chi connectivity index (χ2v) is 42.8. The van der Waals surface area contributed by atoms with Crippen molar-refractivity contribution >= 4 is 148 Å². The molecule has 2 aromatic heterocycles. The molecule has 0 radical (unpaired) electrons. The number of aromatic amines is 2. The Bertz CT molecular complexity index is 6750. The number of benzene rings is 9. The first-order valence-corrected chi connectivity index (χ1v) is 49.6. The summed E-state index contributed by atoms with van der Waals surface area (Å²) < 4.78 is 271. The van der Waals surface area contributed by atoms with E-state index in [1.165, 1.54) is 92.7 Å². The topological polar surface area (TPSA) is 318 Å². The van der Waals surface area contributed by atoms with Crippen molar-refractivity contribution in [3.8, 4) is 0 Å². The van der Waals surface area contributed by atoms with Gasteiger partial charge in [0.15, 0.2) is 50.9 Å². The van der Waals surface area contributed by atoms with Crippen molar-refractivity contribution in [1.29, 1.82) is 0 Å². The van der Waals surface area contributed by atoms with Crippen molar-refractivity contribution in [3.63, 3.8) is 0 Å². The van der Waals surface area contributed by atoms with Gasteiger partial charge >= 0.3 is 17.9 Å². The first-order chi connectivity index (χ1) is 61.0. The van der Waals surface area contributed by atoms with Gasteiger partial charge in [0.25, 0.3) is 29.6 Å². The van der Waals surface area contributed by atoms with Crippen LogP contribution < -0.4 is 0 Å². The van der Waals surface area contributed by atoms with E-state index in [1.807, 2.05) is 44.2 Å². The van der Waals surface area contributed by atoms with E-state index >= 15 is 0 Å². The van der Waals surface area contributed by atoms with Crippen molar-refractivity contribution in [2.45, 2.75) is 136 Å². The molecule has 3 N–H and O–H groups in total. The Hall–Kier alpha value is -10.1. The number of esters is 3. The molecule has 0 atom stereocenters. The number of aryl methyl sites for hydroxylation is 2. The van der Waals surface area contributed by atoms with E-state index in [2.05, 4.69) is 40.1 Å². The van der Waals surface area contributed by atoms with E-state index in [0.717, 1.165) is 108 Å². The number of aliphatic hydroxyl groups excluding tert-OH is 1. The number of aromatic nitrogens is 2. The normalized spacial score (nSPS) is 17.8. The van der Waals surface area contributed by atoms with Gasteiger partial charge in [-0.15, -0.1) is 35.3 Å². The van der Waals surface area contributed by atoms with Crippen molar-refractivity contribution in [1.82, 2.24) is 9.97 Å². The fourth-order valence-corrected chi connectivity index (χ4v) is 24.1. The average Bonchev–Trinajstić information content (AvgIpc) is 0.910. The lowest BCUT2D eigenvalue weighted by atomic mass is 9.97. The molecule has 0 unspecified atom stereocenters. The standard InChI is InChI=1S/C19H16F3NO2S.C11H10F2O4S.C11H10F2O2S.C11H10O3S.C10H10F2O3S.C10H8F2O3S.C9H7BrOS.C9H8FN/c1-11-14(15-10-13(20)3-4-17(15)23-11)8-12-2-5-18-16(9-12)19(21,22)6-7-26(18,24)25;1-17-10(14)7-2-3-9-8(6-7)11(12,13)4-5-18(9,15)16;1-15-10(14)7-2-3-9-8(6-7)11(12,13)4-5-16-9;1-14-11(13)7-2-3-10-8(6-7)9(12)4-5-15-10;2*11-10(12)3-4-16(14,15)9-2-1-7(6-13)5-8(9)10;10-6-1-2-9-7(5-6)8(11)3-4-12-9;1-6-4-7-5-8(10)2-3-9(7)11-6/h2-5,9-10,23H,6-8H2,1H3;2-3,6H,4-5H2,1H3;2-3,6H,4-5H2,1H3;2-3,6H,4-5H2,1H3;1-2,5,13H,3-4,6H2;1-2,5-6H,3-4H2;1-2,5H,3-4H2;2-5,11H,1H3. The molecule has 690 valence electrons. The minimum absolute atomic E-state index is 0.0514. The van der Waals surface area contributed by atoms with Crippen LogP contribution in [0.1, 0.15) is 163 Å². The smallest absolute Gasteiger partial charge is 0.337 e. The average molecular weight is 2010 g/mol. The summed E-state index contributed by atoms with van der Waals surface area (Å²) in [5.74, 6) is -17.6. The number of hydrogen-bond acceptors (Lipinski definition) is 21. The summed E-state index contributed by atoms with van der Waals surface area (Å²) in [5.41, 5.74) is 5.20. The third-order valence-electron chi connectivity index (χ3n) is 21.2. The van der Waals surface area contributed by atoms with Crippen LogP contribution in [0.25, 0.3) is 21.8 Å². The van der Waals surface area contributed by atoms with Crippen LogP contribution in [0.15, 0.2) is 209 Å². The molecule has 40 heteroatoms. The zero-order valence-corrected chi connectivity index (χ0v) is 76.5. The lowest BCUT2D eigenvalue weighted by molar-refractivity contribution is -0.0133. The number of thioether (sulfide) groups is 3. The minimum atomic E-state index is -3.69. The van der Waals surface area contributed by atoms with Crippen molar-refractivity contribution in [2.75, 3.05) is 61.6 Å². The molecule has 0 spiro atoms. The second kappa shape index (κ2) is 40.6. The number of ketones is 2. The highest BCUT2D eigenvalue weighted by atomic mass is 79.9. The number of nitrogens with one attached hydrogen (secondary N) is 2. The zero-order valence-electron chi connectivity index (χ0n) is 69.2. The molecule has 130 heavy (non-hydrogen) atoms. The van der Waals surface area contributed by atoms with Crippen LogP contribution in [-0.2, 0) is 96.2 Å². The van der Waals surface area contributed by atoms with E-state index in [1.54, 1.807) is 59.9 Å². The molecule has 0 amide bonds. The van der Waals surface area contributed by atoms with Crippen molar-refractivity contribution in [3.05, 3.63) is 275 Å². The number of halogens is 13. The van der Waals surface area contributed by atoms with Crippen LogP contribution in [0.4, 0.5) is 52.7 Å². The molecule has 0 bridgehead atoms. The molecule has 11 aromatic rings. The number of Topliss-reactive ketones (excluding diaryl/α,β-unsaturated/α-hetero) is 2. The van der Waals surface area contributed by atoms with Crippen LogP contribution in [0, 0.1) is 25.5 Å². The fraction of sp³-hybridized carbons (Fsp3) is 0.289. The first-order valence-electron chi connectivity index (χ1n) is 39.2. The summed E-state index contributed by atoms with van der Waals surface area (Å²) in [7, 11) is -10.9. The van der Waals surface area contributed by atoms with Gasteiger partial charge in [0.1, 0.15) is 17.9 Å². The van der Waals surface area contributed by atoms with Gasteiger partial charge < -0.3 is 29.3 Å². The van der Waals surface area contributed by atoms with Crippen molar-refractivity contribution in [2.24, 2.45) is 0 Å². The molecular formula is C90H79BrF12N2O18S7. The van der Waals surface area contributed by atoms with Crippen LogP contribution >= 0.6 is 51.2 Å². The number of aldehydes is 1. The van der Waals surface area contributed by atoms with Gasteiger partial charge in [0, 0.05) is 159 Å². The monoisotopic (exact) mass is 2010 g/mol. The third kappa shape index (κ3) is 23.5. The minimum Gasteiger partial charge on any atom is -0.465 e. The SMILES string of the molecule is COC(=O)c1ccc2c(c1)C(=O)CCS2.COC(=O)c1ccc2c(c1)C(F)(F)CCS2.COC(=O)c1ccc2c(c1)C(F)(F)CCS2(=O)=O.Cc1[nH]c2ccc(F)cc2c1Cc1ccc2c(c1)C(F)(F)CCS2(=O)=O.Cc1cc2cc(F)ccc2[nH]1.O=C1CCSc2ccc(Br)cc21.O=Cc1ccc2c(c1)C(F)(F)CCS2(=O)=O.O=S1(=O)CCC(F)(F)c2cc(CO)ccc21. The molecule has 7 aliphatic heterocycles. The molecule has 7 aliphatic rings. The lowest BCUT2D eigenvalue weighted by Crippen LogP contribution is -2.28. The van der Waals surface area contributed by atoms with Crippen LogP contribution in [-0.4, -0.2) is 146 Å². The number of fused-ring (bicyclic) bond motifs is 9. The van der Waals surface area contributed by atoms with E-state index < -0.39 is 163 Å². The number of hydrogen-bond donors (Lipinski definition) is 3. The Kier molecular flexibility index (Phi) is 31.4. The third-order valence-corrected chi connectivity index (χ3v) is 32.0. The zero-order chi connectivity index (χ0) is 95.2. The largest absolute Gasteiger partial charge is 0.465 e. The quantitative estimate of drug-likeness (QED) is 0.0577. The number of aliphatic hydroxyl groups is 1. The Morgan fingerprint density at radius 3 is 1.34 bits per heavy atom. The maximum absolute atomic E-state index is 14.3. The van der Waals surface area contributed by atoms with Gasteiger partial charge in [-0.1, -0.05) is 34.1 Å². The lowest BCUT2D eigenvalue weighted by Gasteiger charge is -2.25. The molecule has 20 nitrogen and oxygen atoms in total. The summed E-state index contributed by atoms with van der Waals surface area (Å²) in [6.07, 6.45) is -1.15. The fourth-order valence-electron chi connectivity index (χ4n) is 14.4. The molecule has 18 rings (SSSR count). The molecule has 0 fully saturated rings. The highest BCUT2D eigenvalue weighted by molar-refractivity contribution is 9.10. The predicted molar refractivity (Wildman–Crippen MR) is 468 cm³/mol. The van der Waals surface area contributed by atoms with Crippen LogP contribution in [0.5, 0.6) is 0 Å². The number of methoxy groups -OCH3 is 3. The molecule has 9 heterocycles. The van der Waals surface area contributed by atoms with E-state index in [-0.39, 0.29) is 78.7 Å².